The van der Waals surface area contributed by atoms with Crippen LogP contribution < -0.4 is 9.61 Å². The molecule has 0 fully saturated rings. The lowest BCUT2D eigenvalue weighted by Crippen LogP contribution is -2.18. The highest BCUT2D eigenvalue weighted by Crippen LogP contribution is 2.33. The largest absolute Gasteiger partial charge is 0.494 e. The number of fused-ring (bicyclic) bond motifs is 1. The number of thiazole rings is 1. The third kappa shape index (κ3) is 4.77. The van der Waals surface area contributed by atoms with E-state index in [0.29, 0.717) is 15.2 Å². The summed E-state index contributed by atoms with van der Waals surface area (Å²) in [6, 6.07) is 8.00. The molecule has 3 aromatic rings. The molecule has 148 valence electrons. The van der Waals surface area contributed by atoms with Crippen LogP contribution in [0.5, 0.6) is 5.75 Å². The van der Waals surface area contributed by atoms with Gasteiger partial charge in [0, 0.05) is 0 Å². The maximum Gasteiger partial charge on any atom is 0.341 e. The van der Waals surface area contributed by atoms with Gasteiger partial charge in [-0.1, -0.05) is 52.2 Å². The number of nitrogens with zero attached hydrogens (tertiary/aromatic N) is 1. The number of aliphatic carboxylic acids is 1. The molecule has 3 rings (SSSR count). The number of carboxylic acid groups (broad SMARTS) is 2. The van der Waals surface area contributed by atoms with Crippen molar-refractivity contribution >= 4 is 68.3 Å². The molecule has 0 aliphatic heterocycles. The fraction of sp³-hybridized carbons (Fsp3) is 0.118. The zero-order valence-corrected chi connectivity index (χ0v) is 17.2. The quantitative estimate of drug-likeness (QED) is 0.589. The van der Waals surface area contributed by atoms with Crippen molar-refractivity contribution in [2.45, 2.75) is 6.54 Å². The number of aromatic nitrogens is 1. The zero-order valence-electron chi connectivity index (χ0n) is 14.1. The van der Waals surface area contributed by atoms with E-state index in [2.05, 4.69) is 0 Å². The molecule has 0 spiro atoms. The van der Waals surface area contributed by atoms with Crippen LogP contribution in [0.25, 0.3) is 10.2 Å². The van der Waals surface area contributed by atoms with Crippen LogP contribution in [0.1, 0.15) is 10.4 Å². The minimum Gasteiger partial charge on any atom is -0.494 e. The first kappa shape index (κ1) is 22.0. The average Bonchev–Trinajstić information content (AvgIpc) is 2.93. The van der Waals surface area contributed by atoms with Crippen molar-refractivity contribution in [3.8, 4) is 5.75 Å². The van der Waals surface area contributed by atoms with Gasteiger partial charge in [0.15, 0.2) is 5.75 Å². The van der Waals surface area contributed by atoms with E-state index in [9.17, 15) is 14.4 Å². The lowest BCUT2D eigenvalue weighted by Gasteiger charge is -2.07. The van der Waals surface area contributed by atoms with Gasteiger partial charge in [0.2, 0.25) is 0 Å². The summed E-state index contributed by atoms with van der Waals surface area (Å²) in [5.74, 6) is -2.14. The molecular weight excluding hydrogens is 453 g/mol. The van der Waals surface area contributed by atoms with Gasteiger partial charge in [0.1, 0.15) is 12.1 Å². The third-order valence-corrected chi connectivity index (χ3v) is 5.27. The van der Waals surface area contributed by atoms with Gasteiger partial charge in [-0.15, -0.1) is 0 Å². The van der Waals surface area contributed by atoms with Gasteiger partial charge < -0.3 is 14.9 Å². The van der Waals surface area contributed by atoms with Crippen molar-refractivity contribution in [2.75, 3.05) is 7.11 Å². The van der Waals surface area contributed by atoms with Gasteiger partial charge in [-0.3, -0.25) is 14.2 Å². The predicted molar refractivity (Wildman–Crippen MR) is 109 cm³/mol. The molecule has 0 bridgehead atoms. The third-order valence-electron chi connectivity index (χ3n) is 3.41. The Balaban J connectivity index is 0.000000203. The highest BCUT2D eigenvalue weighted by atomic mass is 35.5. The van der Waals surface area contributed by atoms with Gasteiger partial charge in [-0.05, 0) is 24.3 Å². The summed E-state index contributed by atoms with van der Waals surface area (Å²) in [6.45, 7) is -0.359. The second-order valence-electron chi connectivity index (χ2n) is 5.18. The van der Waals surface area contributed by atoms with Gasteiger partial charge >= 0.3 is 16.8 Å². The number of aromatic carboxylic acids is 1. The van der Waals surface area contributed by atoms with Crippen LogP contribution in [0.3, 0.4) is 0 Å². The van der Waals surface area contributed by atoms with Crippen LogP contribution >= 0.6 is 46.1 Å². The van der Waals surface area contributed by atoms with Crippen molar-refractivity contribution in [2.24, 2.45) is 0 Å². The van der Waals surface area contributed by atoms with E-state index in [-0.39, 0.29) is 32.8 Å². The van der Waals surface area contributed by atoms with E-state index in [0.717, 1.165) is 11.3 Å². The molecule has 0 atom stereocenters. The summed E-state index contributed by atoms with van der Waals surface area (Å²) in [4.78, 5) is 32.5. The SMILES string of the molecule is COc1c(Cl)ccc(Cl)c1C(=O)O.O=C(O)Cn1c(=O)sc2cccc(Cl)c21. The molecule has 0 radical (unpaired) electrons. The van der Waals surface area contributed by atoms with Gasteiger partial charge in [-0.25, -0.2) is 4.79 Å². The molecule has 0 saturated carbocycles. The maximum atomic E-state index is 11.5. The van der Waals surface area contributed by atoms with E-state index in [4.69, 9.17) is 49.8 Å². The van der Waals surface area contributed by atoms with Crippen LogP contribution in [0.2, 0.25) is 15.1 Å². The number of hydrogen-bond donors (Lipinski definition) is 2. The molecule has 2 N–H and O–H groups in total. The zero-order chi connectivity index (χ0) is 21.0. The average molecular weight is 465 g/mol. The molecule has 11 heteroatoms. The lowest BCUT2D eigenvalue weighted by atomic mass is 10.2. The minimum absolute atomic E-state index is 0.0849. The molecule has 1 aromatic heterocycles. The Kier molecular flexibility index (Phi) is 7.31. The molecule has 1 heterocycles. The number of carbonyl (C=O) groups is 2. The molecule has 7 nitrogen and oxygen atoms in total. The van der Waals surface area contributed by atoms with Gasteiger partial charge in [0.05, 0.1) is 32.4 Å². The molecule has 0 aliphatic carbocycles. The molecule has 0 saturated heterocycles. The molecule has 0 aliphatic rings. The Morgan fingerprint density at radius 2 is 1.71 bits per heavy atom. The maximum absolute atomic E-state index is 11.5. The minimum atomic E-state index is -1.16. The van der Waals surface area contributed by atoms with Crippen LogP contribution in [-0.4, -0.2) is 33.8 Å². The summed E-state index contributed by atoms with van der Waals surface area (Å²) in [5.41, 5.74) is 0.383. The van der Waals surface area contributed by atoms with E-state index >= 15 is 0 Å². The van der Waals surface area contributed by atoms with Gasteiger partial charge in [-0.2, -0.15) is 0 Å². The molecule has 28 heavy (non-hydrogen) atoms. The second-order valence-corrected chi connectivity index (χ2v) is 7.39. The number of halogens is 3. The Hall–Kier alpha value is -2.26. The van der Waals surface area contributed by atoms with E-state index in [1.54, 1.807) is 18.2 Å². The van der Waals surface area contributed by atoms with Crippen molar-refractivity contribution in [3.63, 3.8) is 0 Å². The topological polar surface area (TPSA) is 106 Å². The van der Waals surface area contributed by atoms with Crippen molar-refractivity contribution in [3.05, 3.63) is 60.6 Å². The van der Waals surface area contributed by atoms with E-state index < -0.39 is 11.9 Å². The van der Waals surface area contributed by atoms with Crippen molar-refractivity contribution < 1.29 is 24.5 Å². The fourth-order valence-corrected chi connectivity index (χ4v) is 4.01. The lowest BCUT2D eigenvalue weighted by molar-refractivity contribution is -0.137. The smallest absolute Gasteiger partial charge is 0.341 e. The van der Waals surface area contributed by atoms with Crippen LogP contribution in [0.4, 0.5) is 0 Å². The standard InChI is InChI=1S/C9H6ClNO3S.C8H6Cl2O3/c10-5-2-1-3-6-8(5)11(4-7(12)13)9(14)15-6;1-13-7-5(10)3-2-4(9)6(7)8(11)12/h1-3H,4H2,(H,12,13);2-3H,1H3,(H,11,12). The van der Waals surface area contributed by atoms with Crippen molar-refractivity contribution in [1.29, 1.82) is 0 Å². The first-order valence-electron chi connectivity index (χ1n) is 7.42. The van der Waals surface area contributed by atoms with Crippen LogP contribution in [-0.2, 0) is 11.3 Å². The number of para-hydroxylation sites is 1. The highest BCUT2D eigenvalue weighted by molar-refractivity contribution is 7.16. The van der Waals surface area contributed by atoms with Gasteiger partial charge in [0.25, 0.3) is 0 Å². The summed E-state index contributed by atoms with van der Waals surface area (Å²) in [5, 5.41) is 18.2. The van der Waals surface area contributed by atoms with Crippen LogP contribution in [0, 0.1) is 0 Å². The number of rotatable bonds is 4. The fourth-order valence-electron chi connectivity index (χ4n) is 2.29. The summed E-state index contributed by atoms with van der Waals surface area (Å²) >= 11 is 18.3. The highest BCUT2D eigenvalue weighted by Gasteiger charge is 2.18. The number of methoxy groups -OCH3 is 1. The first-order chi connectivity index (χ1) is 13.2. The number of ether oxygens (including phenoxy) is 1. The number of hydrogen-bond acceptors (Lipinski definition) is 5. The Bertz CT molecular complexity index is 1110. The Morgan fingerprint density at radius 3 is 2.25 bits per heavy atom. The summed E-state index contributed by atoms with van der Waals surface area (Å²) in [7, 11) is 1.34. The predicted octanol–water partition coefficient (Wildman–Crippen LogP) is 4.50. The number of carboxylic acids is 2. The normalized spacial score (nSPS) is 10.3. The van der Waals surface area contributed by atoms with E-state index in [1.807, 2.05) is 0 Å². The Labute approximate surface area is 177 Å². The summed E-state index contributed by atoms with van der Waals surface area (Å²) in [6.07, 6.45) is 0. The first-order valence-corrected chi connectivity index (χ1v) is 9.37. The van der Waals surface area contributed by atoms with Crippen molar-refractivity contribution in [1.82, 2.24) is 4.57 Å². The van der Waals surface area contributed by atoms with E-state index in [1.165, 1.54) is 23.8 Å². The number of benzene rings is 2. The second kappa shape index (κ2) is 9.29. The molecule has 0 amide bonds. The summed E-state index contributed by atoms with van der Waals surface area (Å²) < 4.78 is 6.69. The monoisotopic (exact) mass is 463 g/mol. The molecule has 0 unspecified atom stereocenters. The van der Waals surface area contributed by atoms with Crippen LogP contribution in [0.15, 0.2) is 35.1 Å². The molecule has 2 aromatic carbocycles. The Morgan fingerprint density at radius 1 is 1.07 bits per heavy atom. The molecular formula is C17H12Cl3NO6S.